The number of ether oxygens (including phenoxy) is 1. The number of nitrogen functional groups attached to an aromatic ring is 1. The Morgan fingerprint density at radius 1 is 1.35 bits per heavy atom. The van der Waals surface area contributed by atoms with Crippen LogP contribution in [0.2, 0.25) is 0 Å². The van der Waals surface area contributed by atoms with Crippen LogP contribution < -0.4 is 16.4 Å². The summed E-state index contributed by atoms with van der Waals surface area (Å²) >= 11 is 0. The molecule has 144 valence electrons. The molecular formula is C16H24N4O6. The number of nitrogens with two attached hydrogens (primary N) is 1. The average Bonchev–Trinajstić information content (AvgIpc) is 2.53. The van der Waals surface area contributed by atoms with Crippen LogP contribution in [0.25, 0.3) is 0 Å². The van der Waals surface area contributed by atoms with Crippen molar-refractivity contribution >= 4 is 29.1 Å². The number of benzene rings is 1. The van der Waals surface area contributed by atoms with Gasteiger partial charge in [0.15, 0.2) is 0 Å². The normalized spacial score (nSPS) is 11.7. The third kappa shape index (κ3) is 7.24. The number of anilines is 2. The molecule has 5 N–H and O–H groups in total. The zero-order chi connectivity index (χ0) is 19.7. The number of carbonyl (C=O) groups excluding carboxylic acids is 1. The predicted molar refractivity (Wildman–Crippen MR) is 96.0 cm³/mol. The monoisotopic (exact) mass is 368 g/mol. The second-order valence-electron chi connectivity index (χ2n) is 5.95. The van der Waals surface area contributed by atoms with Crippen LogP contribution in [0.3, 0.4) is 0 Å². The molecule has 0 bridgehead atoms. The van der Waals surface area contributed by atoms with Crippen LogP contribution in [0.4, 0.5) is 21.9 Å². The molecular weight excluding hydrogens is 344 g/mol. The van der Waals surface area contributed by atoms with Gasteiger partial charge in [-0.25, -0.2) is 9.59 Å². The van der Waals surface area contributed by atoms with Gasteiger partial charge in [-0.2, -0.15) is 0 Å². The van der Waals surface area contributed by atoms with E-state index in [4.69, 9.17) is 15.6 Å². The fraction of sp³-hybridized carbons (Fsp3) is 0.500. The zero-order valence-electron chi connectivity index (χ0n) is 14.7. The average molecular weight is 368 g/mol. The minimum absolute atomic E-state index is 0.119. The van der Waals surface area contributed by atoms with Gasteiger partial charge in [-0.15, -0.1) is 0 Å². The summed E-state index contributed by atoms with van der Waals surface area (Å²) in [4.78, 5) is 33.1. The molecule has 0 spiro atoms. The Bertz CT molecular complexity index is 650. The Kier molecular flexibility index (Phi) is 8.13. The highest BCUT2D eigenvalue weighted by molar-refractivity contribution is 5.79. The number of unbranched alkanes of at least 4 members (excludes halogenated alkanes) is 1. The van der Waals surface area contributed by atoms with E-state index in [2.05, 4.69) is 10.6 Å². The standard InChI is InChI=1S/C16H24N4O6/c1-10(2)26-16(23)19-13(15(21)22)5-3-4-8-18-12-7-6-11(17)9-14(12)20(24)25/h6-7,9-10,13,18H,3-5,8,17H2,1-2H3,(H,19,23)(H,21,22)/t13-/m0/s1. The number of aliphatic carboxylic acids is 1. The Hall–Kier alpha value is -3.04. The van der Waals surface area contributed by atoms with E-state index in [-0.39, 0.29) is 18.2 Å². The molecule has 0 fully saturated rings. The molecule has 0 saturated heterocycles. The highest BCUT2D eigenvalue weighted by atomic mass is 16.6. The zero-order valence-corrected chi connectivity index (χ0v) is 14.7. The Morgan fingerprint density at radius 2 is 2.04 bits per heavy atom. The molecule has 1 aromatic carbocycles. The predicted octanol–water partition coefficient (Wildman–Crippen LogP) is 2.35. The number of carbonyl (C=O) groups is 2. The molecule has 0 aromatic heterocycles. The lowest BCUT2D eigenvalue weighted by molar-refractivity contribution is -0.383. The highest BCUT2D eigenvalue weighted by Crippen LogP contribution is 2.26. The number of alkyl carbamates (subject to hydrolysis) is 1. The molecule has 0 heterocycles. The number of hydrogen-bond acceptors (Lipinski definition) is 7. The molecule has 0 unspecified atom stereocenters. The van der Waals surface area contributed by atoms with E-state index in [9.17, 15) is 19.7 Å². The number of nitro benzene ring substituents is 1. The van der Waals surface area contributed by atoms with Crippen molar-refractivity contribution in [2.24, 2.45) is 0 Å². The lowest BCUT2D eigenvalue weighted by atomic mass is 10.1. The Morgan fingerprint density at radius 3 is 2.62 bits per heavy atom. The van der Waals surface area contributed by atoms with E-state index in [0.29, 0.717) is 30.8 Å². The molecule has 10 nitrogen and oxygen atoms in total. The maximum absolute atomic E-state index is 11.5. The second-order valence-corrected chi connectivity index (χ2v) is 5.95. The summed E-state index contributed by atoms with van der Waals surface area (Å²) < 4.78 is 4.86. The summed E-state index contributed by atoms with van der Waals surface area (Å²) in [6.45, 7) is 3.74. The largest absolute Gasteiger partial charge is 0.480 e. The number of carboxylic acid groups (broad SMARTS) is 1. The van der Waals surface area contributed by atoms with E-state index < -0.39 is 23.0 Å². The van der Waals surface area contributed by atoms with Gasteiger partial charge in [-0.3, -0.25) is 10.1 Å². The van der Waals surface area contributed by atoms with Gasteiger partial charge in [-0.05, 0) is 45.2 Å². The minimum Gasteiger partial charge on any atom is -0.480 e. The first-order valence-corrected chi connectivity index (χ1v) is 8.18. The third-order valence-electron chi connectivity index (χ3n) is 3.39. The second kappa shape index (κ2) is 10.1. The van der Waals surface area contributed by atoms with Gasteiger partial charge in [0.2, 0.25) is 0 Å². The quantitative estimate of drug-likeness (QED) is 0.212. The van der Waals surface area contributed by atoms with Crippen LogP contribution in [0, 0.1) is 10.1 Å². The van der Waals surface area contributed by atoms with Crippen molar-refractivity contribution in [3.63, 3.8) is 0 Å². The molecule has 0 aliphatic carbocycles. The van der Waals surface area contributed by atoms with Crippen LogP contribution in [0.5, 0.6) is 0 Å². The van der Waals surface area contributed by atoms with Crippen LogP contribution >= 0.6 is 0 Å². The molecule has 26 heavy (non-hydrogen) atoms. The summed E-state index contributed by atoms with van der Waals surface area (Å²) in [5, 5.41) is 25.4. The summed E-state index contributed by atoms with van der Waals surface area (Å²) in [6, 6.07) is 3.30. The lowest BCUT2D eigenvalue weighted by Gasteiger charge is -2.16. The number of rotatable bonds is 10. The van der Waals surface area contributed by atoms with Gasteiger partial charge < -0.3 is 26.2 Å². The van der Waals surface area contributed by atoms with E-state index in [1.807, 2.05) is 0 Å². The summed E-state index contributed by atoms with van der Waals surface area (Å²) in [7, 11) is 0. The fourth-order valence-electron chi connectivity index (χ4n) is 2.19. The van der Waals surface area contributed by atoms with Gasteiger partial charge in [0.25, 0.3) is 5.69 Å². The van der Waals surface area contributed by atoms with E-state index in [1.54, 1.807) is 19.9 Å². The molecule has 0 radical (unpaired) electrons. The van der Waals surface area contributed by atoms with Crippen molar-refractivity contribution in [1.29, 1.82) is 0 Å². The van der Waals surface area contributed by atoms with Crippen LogP contribution in [0.15, 0.2) is 18.2 Å². The number of carboxylic acids is 1. The van der Waals surface area contributed by atoms with Gasteiger partial charge >= 0.3 is 12.1 Å². The van der Waals surface area contributed by atoms with Gasteiger partial charge in [0.1, 0.15) is 11.7 Å². The van der Waals surface area contributed by atoms with Crippen molar-refractivity contribution in [3.05, 3.63) is 28.3 Å². The van der Waals surface area contributed by atoms with Crippen molar-refractivity contribution in [1.82, 2.24) is 5.32 Å². The summed E-state index contributed by atoms with van der Waals surface area (Å²) in [5.41, 5.74) is 6.06. The van der Waals surface area contributed by atoms with Crippen molar-refractivity contribution in [2.75, 3.05) is 17.6 Å². The topological polar surface area (TPSA) is 157 Å². The van der Waals surface area contributed by atoms with Crippen LogP contribution in [0.1, 0.15) is 33.1 Å². The first kappa shape index (κ1) is 21.0. The first-order chi connectivity index (χ1) is 12.2. The van der Waals surface area contributed by atoms with Gasteiger partial charge in [0, 0.05) is 18.3 Å². The minimum atomic E-state index is -1.15. The number of nitrogens with one attached hydrogen (secondary N) is 2. The highest BCUT2D eigenvalue weighted by Gasteiger charge is 2.20. The number of hydrogen-bond donors (Lipinski definition) is 4. The number of nitro groups is 1. The molecule has 1 rings (SSSR count). The van der Waals surface area contributed by atoms with Crippen LogP contribution in [-0.2, 0) is 9.53 Å². The SMILES string of the molecule is CC(C)OC(=O)N[C@@H](CCCCNc1ccc(N)cc1[N+](=O)[O-])C(=O)O. The molecule has 1 amide bonds. The lowest BCUT2D eigenvalue weighted by Crippen LogP contribution is -2.41. The van der Waals surface area contributed by atoms with Crippen LogP contribution in [-0.4, -0.2) is 40.8 Å². The first-order valence-electron chi connectivity index (χ1n) is 8.18. The van der Waals surface area contributed by atoms with Gasteiger partial charge in [-0.1, -0.05) is 0 Å². The van der Waals surface area contributed by atoms with E-state index in [0.717, 1.165) is 0 Å². The van der Waals surface area contributed by atoms with Crippen molar-refractivity contribution < 1.29 is 24.4 Å². The Labute approximate surface area is 150 Å². The number of nitrogens with zero attached hydrogens (tertiary/aromatic N) is 1. The molecule has 1 atom stereocenters. The van der Waals surface area contributed by atoms with Gasteiger partial charge in [0.05, 0.1) is 11.0 Å². The molecule has 0 aliphatic heterocycles. The summed E-state index contributed by atoms with van der Waals surface area (Å²) in [5.74, 6) is -1.15. The number of amides is 1. The maximum atomic E-state index is 11.5. The molecule has 10 heteroatoms. The third-order valence-corrected chi connectivity index (χ3v) is 3.39. The molecule has 0 aliphatic rings. The molecule has 1 aromatic rings. The molecule has 0 saturated carbocycles. The van der Waals surface area contributed by atoms with E-state index in [1.165, 1.54) is 12.1 Å². The fourth-order valence-corrected chi connectivity index (χ4v) is 2.19. The van der Waals surface area contributed by atoms with Crippen molar-refractivity contribution in [2.45, 2.75) is 45.3 Å². The smallest absolute Gasteiger partial charge is 0.408 e. The maximum Gasteiger partial charge on any atom is 0.408 e. The summed E-state index contributed by atoms with van der Waals surface area (Å²) in [6.07, 6.45) is 0.155. The van der Waals surface area contributed by atoms with Crippen molar-refractivity contribution in [3.8, 4) is 0 Å². The van der Waals surface area contributed by atoms with E-state index >= 15 is 0 Å². The Balaban J connectivity index is 2.44.